The first-order valence-electron chi connectivity index (χ1n) is 6.56. The van der Waals surface area contributed by atoms with Crippen molar-refractivity contribution in [3.8, 4) is 0 Å². The van der Waals surface area contributed by atoms with Gasteiger partial charge in [0.15, 0.2) is 0 Å². The van der Waals surface area contributed by atoms with Gasteiger partial charge >= 0.3 is 5.97 Å². The number of hydrogen-bond acceptors (Lipinski definition) is 3. The average Bonchev–Trinajstić information content (AvgIpc) is 2.76. The first kappa shape index (κ1) is 14.0. The molecule has 1 aliphatic heterocycles. The molecule has 1 fully saturated rings. The molecule has 0 radical (unpaired) electrons. The van der Waals surface area contributed by atoms with Crippen LogP contribution in [0.3, 0.4) is 0 Å². The fraction of sp³-hybridized carbons (Fsp3) is 0.533. The zero-order chi connectivity index (χ0) is 14.0. The second-order valence-electron chi connectivity index (χ2n) is 5.96. The van der Waals surface area contributed by atoms with Crippen molar-refractivity contribution in [3.05, 3.63) is 35.6 Å². The van der Waals surface area contributed by atoms with Crippen LogP contribution in [-0.4, -0.2) is 24.7 Å². The first-order valence-corrected chi connectivity index (χ1v) is 6.56. The van der Waals surface area contributed by atoms with Crippen LogP contribution >= 0.6 is 0 Å². The number of carbonyl (C=O) groups excluding carboxylic acids is 1. The number of esters is 1. The molecule has 2 rings (SSSR count). The van der Waals surface area contributed by atoms with E-state index in [0.717, 1.165) is 12.1 Å². The summed E-state index contributed by atoms with van der Waals surface area (Å²) in [6.45, 7) is 6.91. The van der Waals surface area contributed by atoms with E-state index in [2.05, 4.69) is 5.32 Å². The minimum absolute atomic E-state index is 0.0513. The van der Waals surface area contributed by atoms with E-state index in [0.29, 0.717) is 6.54 Å². The summed E-state index contributed by atoms with van der Waals surface area (Å²) in [5, 5.41) is 3.21. The maximum Gasteiger partial charge on any atom is 0.311 e. The predicted octanol–water partition coefficient (Wildman–Crippen LogP) is 2.47. The Kier molecular flexibility index (Phi) is 3.90. The van der Waals surface area contributed by atoms with Gasteiger partial charge in [-0.05, 0) is 38.5 Å². The minimum Gasteiger partial charge on any atom is -0.460 e. The van der Waals surface area contributed by atoms with Crippen molar-refractivity contribution in [2.45, 2.75) is 32.3 Å². The summed E-state index contributed by atoms with van der Waals surface area (Å²) in [6, 6.07) is 6.34. The van der Waals surface area contributed by atoms with Gasteiger partial charge in [-0.25, -0.2) is 4.39 Å². The lowest BCUT2D eigenvalue weighted by atomic mass is 9.89. The summed E-state index contributed by atoms with van der Waals surface area (Å²) in [6.07, 6.45) is 0. The molecular weight excluding hydrogens is 245 g/mol. The highest BCUT2D eigenvalue weighted by atomic mass is 19.1. The van der Waals surface area contributed by atoms with Gasteiger partial charge in [-0.1, -0.05) is 12.1 Å². The lowest BCUT2D eigenvalue weighted by Gasteiger charge is -2.24. The molecule has 1 aromatic rings. The molecule has 0 aliphatic carbocycles. The zero-order valence-electron chi connectivity index (χ0n) is 11.6. The van der Waals surface area contributed by atoms with Crippen LogP contribution in [0.2, 0.25) is 0 Å². The van der Waals surface area contributed by atoms with Crippen molar-refractivity contribution in [2.24, 2.45) is 5.92 Å². The van der Waals surface area contributed by atoms with Crippen molar-refractivity contribution < 1.29 is 13.9 Å². The van der Waals surface area contributed by atoms with Gasteiger partial charge in [0.05, 0.1) is 5.92 Å². The third kappa shape index (κ3) is 3.53. The molecule has 1 saturated heterocycles. The molecule has 0 bridgehead atoms. The summed E-state index contributed by atoms with van der Waals surface area (Å²) in [7, 11) is 0. The molecule has 3 nitrogen and oxygen atoms in total. The highest BCUT2D eigenvalue weighted by Gasteiger charge is 2.36. The minimum atomic E-state index is -0.479. The second kappa shape index (κ2) is 5.29. The molecule has 2 atom stereocenters. The van der Waals surface area contributed by atoms with Gasteiger partial charge in [0, 0.05) is 19.0 Å². The molecule has 0 saturated carbocycles. The molecule has 1 aromatic carbocycles. The van der Waals surface area contributed by atoms with Gasteiger partial charge in [-0.3, -0.25) is 4.79 Å². The Hall–Kier alpha value is -1.42. The Morgan fingerprint density at radius 2 is 1.89 bits per heavy atom. The van der Waals surface area contributed by atoms with Crippen LogP contribution in [0.4, 0.5) is 4.39 Å². The zero-order valence-corrected chi connectivity index (χ0v) is 11.6. The quantitative estimate of drug-likeness (QED) is 0.835. The van der Waals surface area contributed by atoms with Crippen LogP contribution in [-0.2, 0) is 9.53 Å². The van der Waals surface area contributed by atoms with Crippen LogP contribution in [0.25, 0.3) is 0 Å². The molecule has 1 N–H and O–H groups in total. The van der Waals surface area contributed by atoms with E-state index in [1.807, 2.05) is 20.8 Å². The Morgan fingerprint density at radius 1 is 1.26 bits per heavy atom. The van der Waals surface area contributed by atoms with Gasteiger partial charge < -0.3 is 10.1 Å². The van der Waals surface area contributed by atoms with E-state index < -0.39 is 5.60 Å². The largest absolute Gasteiger partial charge is 0.460 e. The van der Waals surface area contributed by atoms with E-state index >= 15 is 0 Å². The SMILES string of the molecule is CC(C)(C)OC(=O)C1CNCC1c1ccc(F)cc1. The molecule has 0 amide bonds. The summed E-state index contributed by atoms with van der Waals surface area (Å²) in [4.78, 5) is 12.2. The van der Waals surface area contributed by atoms with Gasteiger partial charge in [0.1, 0.15) is 11.4 Å². The molecule has 1 heterocycles. The van der Waals surface area contributed by atoms with E-state index in [1.165, 1.54) is 12.1 Å². The van der Waals surface area contributed by atoms with Gasteiger partial charge in [-0.15, -0.1) is 0 Å². The topological polar surface area (TPSA) is 38.3 Å². The number of rotatable bonds is 2. The van der Waals surface area contributed by atoms with Crippen molar-refractivity contribution >= 4 is 5.97 Å². The number of nitrogens with one attached hydrogen (secondary N) is 1. The highest BCUT2D eigenvalue weighted by molar-refractivity contribution is 5.75. The Bertz CT molecular complexity index is 450. The number of benzene rings is 1. The normalized spacial score (nSPS) is 23.4. The number of ether oxygens (including phenoxy) is 1. The molecule has 0 aromatic heterocycles. The number of carbonyl (C=O) groups is 1. The fourth-order valence-electron chi connectivity index (χ4n) is 2.36. The van der Waals surface area contributed by atoms with E-state index in [4.69, 9.17) is 4.74 Å². The molecule has 4 heteroatoms. The summed E-state index contributed by atoms with van der Waals surface area (Å²) in [5.41, 5.74) is 0.495. The Labute approximate surface area is 113 Å². The smallest absolute Gasteiger partial charge is 0.311 e. The molecule has 0 spiro atoms. The van der Waals surface area contributed by atoms with Crippen LogP contribution in [0.15, 0.2) is 24.3 Å². The maximum atomic E-state index is 12.9. The standard InChI is InChI=1S/C15H20FNO2/c1-15(2,3)19-14(18)13-9-17-8-12(13)10-4-6-11(16)7-5-10/h4-7,12-13,17H,8-9H2,1-3H3. The van der Waals surface area contributed by atoms with Crippen LogP contribution in [0, 0.1) is 11.7 Å². The van der Waals surface area contributed by atoms with Crippen molar-refractivity contribution in [2.75, 3.05) is 13.1 Å². The highest BCUT2D eigenvalue weighted by Crippen LogP contribution is 2.30. The van der Waals surface area contributed by atoms with Gasteiger partial charge in [-0.2, -0.15) is 0 Å². The van der Waals surface area contributed by atoms with Gasteiger partial charge in [0.2, 0.25) is 0 Å². The number of halogens is 1. The third-order valence-corrected chi connectivity index (χ3v) is 3.22. The first-order chi connectivity index (χ1) is 8.87. The summed E-state index contributed by atoms with van der Waals surface area (Å²) < 4.78 is 18.4. The monoisotopic (exact) mass is 265 g/mol. The maximum absolute atomic E-state index is 12.9. The Balaban J connectivity index is 2.12. The van der Waals surface area contributed by atoms with Crippen LogP contribution in [0.5, 0.6) is 0 Å². The van der Waals surface area contributed by atoms with E-state index in [9.17, 15) is 9.18 Å². The van der Waals surface area contributed by atoms with Crippen LogP contribution in [0.1, 0.15) is 32.3 Å². The third-order valence-electron chi connectivity index (χ3n) is 3.22. The van der Waals surface area contributed by atoms with Gasteiger partial charge in [0.25, 0.3) is 0 Å². The molecule has 2 unspecified atom stereocenters. The fourth-order valence-corrected chi connectivity index (χ4v) is 2.36. The van der Waals surface area contributed by atoms with Crippen LogP contribution < -0.4 is 5.32 Å². The summed E-state index contributed by atoms with van der Waals surface area (Å²) in [5.74, 6) is -0.601. The molecule has 1 aliphatic rings. The lowest BCUT2D eigenvalue weighted by molar-refractivity contribution is -0.159. The predicted molar refractivity (Wildman–Crippen MR) is 71.3 cm³/mol. The molecular formula is C15H20FNO2. The second-order valence-corrected chi connectivity index (χ2v) is 5.96. The summed E-state index contributed by atoms with van der Waals surface area (Å²) >= 11 is 0. The van der Waals surface area contributed by atoms with E-state index in [-0.39, 0.29) is 23.6 Å². The molecule has 19 heavy (non-hydrogen) atoms. The lowest BCUT2D eigenvalue weighted by Crippen LogP contribution is -2.31. The molecule has 104 valence electrons. The Morgan fingerprint density at radius 3 is 2.47 bits per heavy atom. The number of hydrogen-bond donors (Lipinski definition) is 1. The van der Waals surface area contributed by atoms with Crippen molar-refractivity contribution in [1.82, 2.24) is 5.32 Å². The van der Waals surface area contributed by atoms with E-state index in [1.54, 1.807) is 12.1 Å². The average molecular weight is 265 g/mol. The van der Waals surface area contributed by atoms with Crippen molar-refractivity contribution in [3.63, 3.8) is 0 Å². The van der Waals surface area contributed by atoms with Crippen molar-refractivity contribution in [1.29, 1.82) is 0 Å².